The van der Waals surface area contributed by atoms with Crippen molar-refractivity contribution in [3.8, 4) is 17.2 Å². The van der Waals surface area contributed by atoms with Crippen molar-refractivity contribution in [3.05, 3.63) is 53.6 Å². The van der Waals surface area contributed by atoms with E-state index in [9.17, 15) is 4.79 Å². The fourth-order valence-electron chi connectivity index (χ4n) is 1.98. The largest absolute Gasteiger partial charge is 0.497 e. The summed E-state index contributed by atoms with van der Waals surface area (Å²) in [4.78, 5) is 12.0. The Morgan fingerprint density at radius 3 is 2.75 bits per heavy atom. The standard InChI is InChI=1S/C16H13ClN4O3/c1-23-11-6-4-5-10(9-11)18-15(22)19-16-21-20-14(24-16)12-7-2-3-8-13(12)17/h2-9H,1H3,(H2,18,19,21,22). The number of hydrogen-bond acceptors (Lipinski definition) is 5. The maximum atomic E-state index is 12.0. The maximum absolute atomic E-state index is 12.0. The molecule has 0 aliphatic carbocycles. The van der Waals surface area contributed by atoms with E-state index in [-0.39, 0.29) is 11.9 Å². The normalized spacial score (nSPS) is 10.2. The summed E-state index contributed by atoms with van der Waals surface area (Å²) in [6.45, 7) is 0. The Labute approximate surface area is 142 Å². The summed E-state index contributed by atoms with van der Waals surface area (Å²) >= 11 is 6.07. The van der Waals surface area contributed by atoms with E-state index in [2.05, 4.69) is 20.8 Å². The number of rotatable bonds is 4. The Morgan fingerprint density at radius 1 is 1.12 bits per heavy atom. The highest BCUT2D eigenvalue weighted by molar-refractivity contribution is 6.33. The summed E-state index contributed by atoms with van der Waals surface area (Å²) in [7, 11) is 1.55. The smallest absolute Gasteiger partial charge is 0.327 e. The van der Waals surface area contributed by atoms with E-state index in [1.165, 1.54) is 0 Å². The van der Waals surface area contributed by atoms with Crippen molar-refractivity contribution in [1.82, 2.24) is 10.2 Å². The first-order valence-corrected chi connectivity index (χ1v) is 7.34. The zero-order valence-electron chi connectivity index (χ0n) is 12.6. The maximum Gasteiger partial charge on any atom is 0.327 e. The van der Waals surface area contributed by atoms with Crippen LogP contribution >= 0.6 is 11.6 Å². The van der Waals surface area contributed by atoms with Crippen LogP contribution in [0.15, 0.2) is 52.9 Å². The second-order valence-electron chi connectivity index (χ2n) is 4.70. The molecule has 0 fully saturated rings. The molecule has 0 radical (unpaired) electrons. The molecule has 2 N–H and O–H groups in total. The van der Waals surface area contributed by atoms with Crippen LogP contribution in [0.5, 0.6) is 5.75 Å². The van der Waals surface area contributed by atoms with Gasteiger partial charge in [-0.15, -0.1) is 5.10 Å². The topological polar surface area (TPSA) is 89.3 Å². The van der Waals surface area contributed by atoms with Gasteiger partial charge >= 0.3 is 12.0 Å². The summed E-state index contributed by atoms with van der Waals surface area (Å²) < 4.78 is 10.5. The van der Waals surface area contributed by atoms with Gasteiger partial charge in [0.25, 0.3) is 5.89 Å². The highest BCUT2D eigenvalue weighted by atomic mass is 35.5. The van der Waals surface area contributed by atoms with Crippen LogP contribution in [0.1, 0.15) is 0 Å². The number of halogens is 1. The molecule has 1 aromatic heterocycles. The van der Waals surface area contributed by atoms with E-state index in [0.29, 0.717) is 22.0 Å². The molecule has 8 heteroatoms. The molecule has 0 unspecified atom stereocenters. The van der Waals surface area contributed by atoms with Crippen LogP contribution in [0.25, 0.3) is 11.5 Å². The predicted molar refractivity (Wildman–Crippen MR) is 90.4 cm³/mol. The third kappa shape index (κ3) is 3.64. The Bertz CT molecular complexity index is 866. The molecule has 0 atom stereocenters. The molecule has 0 bridgehead atoms. The van der Waals surface area contributed by atoms with Crippen LogP contribution in [0.2, 0.25) is 5.02 Å². The molecule has 0 aliphatic heterocycles. The minimum Gasteiger partial charge on any atom is -0.497 e. The monoisotopic (exact) mass is 344 g/mol. The van der Waals surface area contributed by atoms with Gasteiger partial charge in [-0.1, -0.05) is 34.9 Å². The van der Waals surface area contributed by atoms with Gasteiger partial charge in [0.1, 0.15) is 5.75 Å². The molecular formula is C16H13ClN4O3. The molecular weight excluding hydrogens is 332 g/mol. The molecule has 0 saturated carbocycles. The Hall–Kier alpha value is -3.06. The van der Waals surface area contributed by atoms with Crippen LogP contribution < -0.4 is 15.4 Å². The molecule has 2 aromatic carbocycles. The molecule has 2 amide bonds. The summed E-state index contributed by atoms with van der Waals surface area (Å²) in [5, 5.41) is 13.2. The summed E-state index contributed by atoms with van der Waals surface area (Å²) in [5.41, 5.74) is 1.16. The van der Waals surface area contributed by atoms with Crippen LogP contribution in [0.4, 0.5) is 16.5 Å². The second-order valence-corrected chi connectivity index (χ2v) is 5.11. The number of carbonyl (C=O) groups is 1. The van der Waals surface area contributed by atoms with Gasteiger partial charge in [-0.05, 0) is 24.3 Å². The molecule has 3 aromatic rings. The lowest BCUT2D eigenvalue weighted by atomic mass is 10.2. The lowest BCUT2D eigenvalue weighted by molar-refractivity contribution is 0.261. The van der Waals surface area contributed by atoms with E-state index in [4.69, 9.17) is 20.8 Å². The molecule has 24 heavy (non-hydrogen) atoms. The number of carbonyl (C=O) groups excluding carboxylic acids is 1. The molecule has 0 spiro atoms. The Morgan fingerprint density at radius 2 is 1.96 bits per heavy atom. The zero-order valence-corrected chi connectivity index (χ0v) is 13.4. The van der Waals surface area contributed by atoms with E-state index >= 15 is 0 Å². The van der Waals surface area contributed by atoms with E-state index in [0.717, 1.165) is 0 Å². The van der Waals surface area contributed by atoms with Gasteiger partial charge in [0.05, 0.1) is 17.7 Å². The van der Waals surface area contributed by atoms with Crippen LogP contribution in [0, 0.1) is 0 Å². The van der Waals surface area contributed by atoms with E-state index < -0.39 is 6.03 Å². The SMILES string of the molecule is COc1cccc(NC(=O)Nc2nnc(-c3ccccc3Cl)o2)c1. The minimum absolute atomic E-state index is 0.0367. The molecule has 1 heterocycles. The number of nitrogens with one attached hydrogen (secondary N) is 2. The number of nitrogens with zero attached hydrogens (tertiary/aromatic N) is 2. The van der Waals surface area contributed by atoms with Crippen molar-refractivity contribution >= 4 is 29.3 Å². The van der Waals surface area contributed by atoms with Gasteiger partial charge in [-0.3, -0.25) is 5.32 Å². The fourth-order valence-corrected chi connectivity index (χ4v) is 2.19. The average Bonchev–Trinajstić information content (AvgIpc) is 3.03. The summed E-state index contributed by atoms with van der Waals surface area (Å²) in [6.07, 6.45) is 0. The van der Waals surface area contributed by atoms with Crippen LogP contribution in [-0.2, 0) is 0 Å². The molecule has 7 nitrogen and oxygen atoms in total. The summed E-state index contributed by atoms with van der Waals surface area (Å²) in [5.74, 6) is 0.851. The van der Waals surface area contributed by atoms with Gasteiger partial charge in [0.15, 0.2) is 0 Å². The Kier molecular flexibility index (Phi) is 4.62. The van der Waals surface area contributed by atoms with Gasteiger partial charge in [0.2, 0.25) is 0 Å². The first-order chi connectivity index (χ1) is 11.7. The van der Waals surface area contributed by atoms with Crippen molar-refractivity contribution in [1.29, 1.82) is 0 Å². The lowest BCUT2D eigenvalue weighted by Crippen LogP contribution is -2.19. The number of anilines is 2. The Balaban J connectivity index is 1.68. The zero-order chi connectivity index (χ0) is 16.9. The van der Waals surface area contributed by atoms with Crippen molar-refractivity contribution in [2.24, 2.45) is 0 Å². The average molecular weight is 345 g/mol. The second kappa shape index (κ2) is 7.01. The molecule has 3 rings (SSSR count). The first-order valence-electron chi connectivity index (χ1n) is 6.96. The molecule has 0 saturated heterocycles. The van der Waals surface area contributed by atoms with E-state index in [1.807, 2.05) is 0 Å². The predicted octanol–water partition coefficient (Wildman–Crippen LogP) is 4.04. The van der Waals surface area contributed by atoms with Crippen LogP contribution in [-0.4, -0.2) is 23.3 Å². The minimum atomic E-state index is -0.516. The highest BCUT2D eigenvalue weighted by Gasteiger charge is 2.13. The van der Waals surface area contributed by atoms with Crippen molar-refractivity contribution in [2.45, 2.75) is 0 Å². The quantitative estimate of drug-likeness (QED) is 0.745. The third-order valence-corrected chi connectivity index (χ3v) is 3.41. The van der Waals surface area contributed by atoms with Crippen molar-refractivity contribution < 1.29 is 13.9 Å². The van der Waals surface area contributed by atoms with Crippen molar-refractivity contribution in [2.75, 3.05) is 17.7 Å². The molecule has 122 valence electrons. The third-order valence-electron chi connectivity index (χ3n) is 3.08. The van der Waals surface area contributed by atoms with Crippen molar-refractivity contribution in [3.63, 3.8) is 0 Å². The fraction of sp³-hybridized carbons (Fsp3) is 0.0625. The molecule has 0 aliphatic rings. The van der Waals surface area contributed by atoms with Crippen LogP contribution in [0.3, 0.4) is 0 Å². The lowest BCUT2D eigenvalue weighted by Gasteiger charge is -2.06. The number of amides is 2. The highest BCUT2D eigenvalue weighted by Crippen LogP contribution is 2.27. The van der Waals surface area contributed by atoms with Gasteiger partial charge in [0, 0.05) is 11.8 Å². The van der Waals surface area contributed by atoms with Gasteiger partial charge < -0.3 is 14.5 Å². The number of methoxy groups -OCH3 is 1. The summed E-state index contributed by atoms with van der Waals surface area (Å²) in [6, 6.07) is 13.4. The number of aromatic nitrogens is 2. The van der Waals surface area contributed by atoms with E-state index in [1.54, 1.807) is 55.6 Å². The number of hydrogen-bond donors (Lipinski definition) is 2. The number of ether oxygens (including phenoxy) is 1. The first kappa shape index (κ1) is 15.8. The number of benzene rings is 2. The van der Waals surface area contributed by atoms with Gasteiger partial charge in [-0.25, -0.2) is 4.79 Å². The number of urea groups is 1. The van der Waals surface area contributed by atoms with Gasteiger partial charge in [-0.2, -0.15) is 0 Å².